The van der Waals surface area contributed by atoms with Crippen LogP contribution in [0.4, 0.5) is 4.39 Å². The number of amides is 1. The summed E-state index contributed by atoms with van der Waals surface area (Å²) in [6, 6.07) is 7.27. The van der Waals surface area contributed by atoms with Gasteiger partial charge in [-0.05, 0) is 63.4 Å². The van der Waals surface area contributed by atoms with Crippen LogP contribution in [0.1, 0.15) is 38.2 Å². The molecule has 3 rings (SSSR count). The molecule has 2 aliphatic rings. The van der Waals surface area contributed by atoms with E-state index in [0.717, 1.165) is 44.3 Å². The molecule has 7 heteroatoms. The minimum absolute atomic E-state index is 0. The first-order valence-corrected chi connectivity index (χ1v) is 8.64. The fourth-order valence-electron chi connectivity index (χ4n) is 3.70. The van der Waals surface area contributed by atoms with Crippen LogP contribution < -0.4 is 10.6 Å². The highest BCUT2D eigenvalue weighted by Crippen LogP contribution is 2.21. The van der Waals surface area contributed by atoms with Gasteiger partial charge in [-0.1, -0.05) is 12.1 Å². The number of piperidine rings is 1. The Balaban J connectivity index is 0.00000156. The van der Waals surface area contributed by atoms with Crippen molar-refractivity contribution in [2.45, 2.75) is 57.3 Å². The molecule has 2 aliphatic heterocycles. The zero-order chi connectivity index (χ0) is 16.2. The highest BCUT2D eigenvalue weighted by atomic mass is 35.5. The summed E-state index contributed by atoms with van der Waals surface area (Å²) >= 11 is 0. The van der Waals surface area contributed by atoms with Gasteiger partial charge in [0.15, 0.2) is 0 Å². The van der Waals surface area contributed by atoms with Crippen LogP contribution in [0.25, 0.3) is 0 Å². The monoisotopic (exact) mass is 391 g/mol. The molecule has 0 aliphatic carbocycles. The van der Waals surface area contributed by atoms with Crippen molar-refractivity contribution >= 4 is 30.7 Å². The van der Waals surface area contributed by atoms with Gasteiger partial charge in [0.05, 0.1) is 6.04 Å². The summed E-state index contributed by atoms with van der Waals surface area (Å²) in [6.07, 6.45) is 3.95. The fraction of sp³-hybridized carbons (Fsp3) is 0.611. The Kier molecular flexibility index (Phi) is 9.14. The number of nitrogens with one attached hydrogen (secondary N) is 2. The highest BCUT2D eigenvalue weighted by molar-refractivity contribution is 5.85. The van der Waals surface area contributed by atoms with Crippen molar-refractivity contribution < 1.29 is 9.18 Å². The average Bonchev–Trinajstić information content (AvgIpc) is 2.98. The SMILES string of the molecule is CC1CC(NC(=O)C2CCCN2Cc2ccc(F)cc2)CCN1.Cl.Cl. The summed E-state index contributed by atoms with van der Waals surface area (Å²) in [4.78, 5) is 14.9. The van der Waals surface area contributed by atoms with Gasteiger partial charge >= 0.3 is 0 Å². The van der Waals surface area contributed by atoms with Crippen molar-refractivity contribution in [3.05, 3.63) is 35.6 Å². The summed E-state index contributed by atoms with van der Waals surface area (Å²) in [6.45, 7) is 4.77. The maximum absolute atomic E-state index is 13.0. The molecule has 3 atom stereocenters. The number of carbonyl (C=O) groups excluding carboxylic acids is 1. The topological polar surface area (TPSA) is 44.4 Å². The van der Waals surface area contributed by atoms with Crippen molar-refractivity contribution in [1.29, 1.82) is 0 Å². The maximum Gasteiger partial charge on any atom is 0.237 e. The second-order valence-corrected chi connectivity index (χ2v) is 6.84. The quantitative estimate of drug-likeness (QED) is 0.828. The molecule has 1 aromatic rings. The van der Waals surface area contributed by atoms with Gasteiger partial charge < -0.3 is 10.6 Å². The molecule has 142 valence electrons. The van der Waals surface area contributed by atoms with Gasteiger partial charge in [0.1, 0.15) is 5.82 Å². The van der Waals surface area contributed by atoms with Gasteiger partial charge in [-0.15, -0.1) is 24.8 Å². The van der Waals surface area contributed by atoms with Gasteiger partial charge in [-0.2, -0.15) is 0 Å². The van der Waals surface area contributed by atoms with Crippen molar-refractivity contribution in [2.24, 2.45) is 0 Å². The lowest BCUT2D eigenvalue weighted by Gasteiger charge is -2.31. The zero-order valence-corrected chi connectivity index (χ0v) is 16.2. The smallest absolute Gasteiger partial charge is 0.237 e. The van der Waals surface area contributed by atoms with E-state index in [4.69, 9.17) is 0 Å². The Morgan fingerprint density at radius 3 is 2.68 bits per heavy atom. The lowest BCUT2D eigenvalue weighted by atomic mass is 10.00. The number of hydrogen-bond acceptors (Lipinski definition) is 3. The molecule has 0 bridgehead atoms. The van der Waals surface area contributed by atoms with Gasteiger partial charge in [0.25, 0.3) is 0 Å². The molecule has 0 radical (unpaired) electrons. The number of benzene rings is 1. The Bertz CT molecular complexity index is 544. The molecule has 25 heavy (non-hydrogen) atoms. The molecule has 1 amide bonds. The Morgan fingerprint density at radius 1 is 1.28 bits per heavy atom. The van der Waals surface area contributed by atoms with E-state index in [1.807, 2.05) is 0 Å². The van der Waals surface area contributed by atoms with Crippen LogP contribution in [0.15, 0.2) is 24.3 Å². The number of rotatable bonds is 4. The molecule has 0 spiro atoms. The first kappa shape index (κ1) is 22.2. The molecule has 2 saturated heterocycles. The summed E-state index contributed by atoms with van der Waals surface area (Å²) in [7, 11) is 0. The summed E-state index contributed by atoms with van der Waals surface area (Å²) in [5.74, 6) is -0.0618. The number of likely N-dealkylation sites (tertiary alicyclic amines) is 1. The second kappa shape index (κ2) is 10.3. The van der Waals surface area contributed by atoms with Crippen molar-refractivity contribution in [3.63, 3.8) is 0 Å². The number of nitrogens with zero attached hydrogens (tertiary/aromatic N) is 1. The molecule has 0 aromatic heterocycles. The lowest BCUT2D eigenvalue weighted by Crippen LogP contribution is -2.51. The number of hydrogen-bond donors (Lipinski definition) is 2. The van der Waals surface area contributed by atoms with Gasteiger partial charge in [-0.25, -0.2) is 4.39 Å². The maximum atomic E-state index is 13.0. The van der Waals surface area contributed by atoms with E-state index in [0.29, 0.717) is 12.6 Å². The second-order valence-electron chi connectivity index (χ2n) is 6.84. The van der Waals surface area contributed by atoms with Gasteiger partial charge in [0.2, 0.25) is 5.91 Å². The molecule has 2 heterocycles. The normalized spacial score (nSPS) is 26.4. The lowest BCUT2D eigenvalue weighted by molar-refractivity contribution is -0.126. The molecule has 0 saturated carbocycles. The average molecular weight is 392 g/mol. The van der Waals surface area contributed by atoms with E-state index in [1.54, 1.807) is 12.1 Å². The number of halogens is 3. The van der Waals surface area contributed by atoms with Gasteiger partial charge in [0, 0.05) is 18.6 Å². The molecule has 2 fully saturated rings. The van der Waals surface area contributed by atoms with E-state index in [9.17, 15) is 9.18 Å². The molecule has 4 nitrogen and oxygen atoms in total. The van der Waals surface area contributed by atoms with E-state index in [1.165, 1.54) is 12.1 Å². The van der Waals surface area contributed by atoms with E-state index < -0.39 is 0 Å². The largest absolute Gasteiger partial charge is 0.352 e. The minimum Gasteiger partial charge on any atom is -0.352 e. The van der Waals surface area contributed by atoms with E-state index in [2.05, 4.69) is 22.5 Å². The Labute approximate surface area is 161 Å². The summed E-state index contributed by atoms with van der Waals surface area (Å²) in [5, 5.41) is 6.64. The predicted molar refractivity (Wildman–Crippen MR) is 103 cm³/mol. The Hall–Kier alpha value is -0.880. The van der Waals surface area contributed by atoms with Crippen molar-refractivity contribution in [3.8, 4) is 0 Å². The van der Waals surface area contributed by atoms with Crippen molar-refractivity contribution in [2.75, 3.05) is 13.1 Å². The molecular weight excluding hydrogens is 364 g/mol. The van der Waals surface area contributed by atoms with Crippen LogP contribution in [-0.4, -0.2) is 42.0 Å². The van der Waals surface area contributed by atoms with Crippen LogP contribution >= 0.6 is 24.8 Å². The first-order valence-electron chi connectivity index (χ1n) is 8.64. The summed E-state index contributed by atoms with van der Waals surface area (Å²) < 4.78 is 13.0. The molecular formula is C18H28Cl2FN3O. The fourth-order valence-corrected chi connectivity index (χ4v) is 3.70. The molecule has 1 aromatic carbocycles. The molecule has 3 unspecified atom stereocenters. The van der Waals surface area contributed by atoms with Crippen LogP contribution in [-0.2, 0) is 11.3 Å². The van der Waals surface area contributed by atoms with Crippen LogP contribution in [0.5, 0.6) is 0 Å². The van der Waals surface area contributed by atoms with Gasteiger partial charge in [-0.3, -0.25) is 9.69 Å². The summed E-state index contributed by atoms with van der Waals surface area (Å²) in [5.41, 5.74) is 1.06. The molecule has 2 N–H and O–H groups in total. The van der Waals surface area contributed by atoms with Crippen molar-refractivity contribution in [1.82, 2.24) is 15.5 Å². The third-order valence-electron chi connectivity index (χ3n) is 4.94. The minimum atomic E-state index is -0.218. The van der Waals surface area contributed by atoms with Crippen LogP contribution in [0, 0.1) is 5.82 Å². The zero-order valence-electron chi connectivity index (χ0n) is 14.5. The number of carbonyl (C=O) groups is 1. The van der Waals surface area contributed by atoms with E-state index >= 15 is 0 Å². The third-order valence-corrected chi connectivity index (χ3v) is 4.94. The first-order chi connectivity index (χ1) is 11.1. The third kappa shape index (κ3) is 6.10. The van der Waals surface area contributed by atoms with Crippen LogP contribution in [0.3, 0.4) is 0 Å². The standard InChI is InChI=1S/C18H26FN3O.2ClH/c1-13-11-16(8-9-20-13)21-18(23)17-3-2-10-22(17)12-14-4-6-15(19)7-5-14;;/h4-7,13,16-17,20H,2-3,8-12H2,1H3,(H,21,23);2*1H. The Morgan fingerprint density at radius 2 is 2.00 bits per heavy atom. The van der Waals surface area contributed by atoms with E-state index in [-0.39, 0.29) is 48.6 Å². The predicted octanol–water partition coefficient (Wildman–Crippen LogP) is 2.89. The highest BCUT2D eigenvalue weighted by Gasteiger charge is 2.32. The van der Waals surface area contributed by atoms with Crippen LogP contribution in [0.2, 0.25) is 0 Å².